The van der Waals surface area contributed by atoms with E-state index in [9.17, 15) is 8.42 Å². The number of hydrogen-bond acceptors (Lipinski definition) is 4. The molecule has 0 aliphatic heterocycles. The molecule has 1 aliphatic rings. The predicted molar refractivity (Wildman–Crippen MR) is 110 cm³/mol. The molecule has 0 atom stereocenters. The van der Waals surface area contributed by atoms with Gasteiger partial charge in [0, 0.05) is 26.2 Å². The zero-order valence-electron chi connectivity index (χ0n) is 16.7. The summed E-state index contributed by atoms with van der Waals surface area (Å²) in [5.41, 5.74) is 0. The highest BCUT2D eigenvalue weighted by Crippen LogP contribution is 2.28. The van der Waals surface area contributed by atoms with Crippen LogP contribution in [0.4, 0.5) is 0 Å². The number of sulfonamides is 1. The van der Waals surface area contributed by atoms with Crippen LogP contribution in [0.25, 0.3) is 0 Å². The Morgan fingerprint density at radius 3 is 2.41 bits per heavy atom. The fourth-order valence-electron chi connectivity index (χ4n) is 3.58. The predicted octanol–water partition coefficient (Wildman–Crippen LogP) is 3.53. The SMILES string of the molecule is C=CCN(C)CCCCO[C@H]1CC[C@H](N(C)S(=O)(=O)c2ccccc2)CC1. The van der Waals surface area contributed by atoms with Crippen LogP contribution in [0.2, 0.25) is 0 Å². The van der Waals surface area contributed by atoms with Crippen LogP contribution in [0, 0.1) is 0 Å². The molecule has 0 unspecified atom stereocenters. The van der Waals surface area contributed by atoms with E-state index in [-0.39, 0.29) is 12.1 Å². The van der Waals surface area contributed by atoms with E-state index in [1.54, 1.807) is 35.6 Å². The Kier molecular flexibility index (Phi) is 8.96. The van der Waals surface area contributed by atoms with E-state index in [1.807, 2.05) is 12.1 Å². The number of nitrogens with zero attached hydrogens (tertiary/aromatic N) is 2. The molecule has 1 fully saturated rings. The molecular weight excluding hydrogens is 360 g/mol. The first-order valence-electron chi connectivity index (χ1n) is 9.89. The van der Waals surface area contributed by atoms with E-state index >= 15 is 0 Å². The molecule has 1 aromatic carbocycles. The largest absolute Gasteiger partial charge is 0.378 e. The van der Waals surface area contributed by atoms with Crippen molar-refractivity contribution in [3.63, 3.8) is 0 Å². The summed E-state index contributed by atoms with van der Waals surface area (Å²) in [6, 6.07) is 8.74. The molecule has 152 valence electrons. The molecule has 0 radical (unpaired) electrons. The molecule has 0 bridgehead atoms. The minimum atomic E-state index is -3.41. The van der Waals surface area contributed by atoms with Crippen LogP contribution in [-0.4, -0.2) is 63.6 Å². The van der Waals surface area contributed by atoms with Crippen LogP contribution in [0.5, 0.6) is 0 Å². The van der Waals surface area contributed by atoms with E-state index in [2.05, 4.69) is 18.5 Å². The number of likely N-dealkylation sites (N-methyl/N-ethyl adjacent to an activating group) is 1. The zero-order chi connectivity index (χ0) is 19.7. The van der Waals surface area contributed by atoms with E-state index in [0.29, 0.717) is 4.90 Å². The van der Waals surface area contributed by atoms with Crippen LogP contribution >= 0.6 is 0 Å². The lowest BCUT2D eigenvalue weighted by molar-refractivity contribution is 0.0153. The van der Waals surface area contributed by atoms with Crippen LogP contribution in [0.15, 0.2) is 47.9 Å². The smallest absolute Gasteiger partial charge is 0.243 e. The summed E-state index contributed by atoms with van der Waals surface area (Å²) in [4.78, 5) is 2.62. The van der Waals surface area contributed by atoms with E-state index < -0.39 is 10.0 Å². The van der Waals surface area contributed by atoms with Crippen molar-refractivity contribution < 1.29 is 13.2 Å². The summed E-state index contributed by atoms with van der Waals surface area (Å²) >= 11 is 0. The van der Waals surface area contributed by atoms with Crippen LogP contribution in [0.3, 0.4) is 0 Å². The maximum atomic E-state index is 12.7. The molecule has 0 heterocycles. The Labute approximate surface area is 165 Å². The number of ether oxygens (including phenoxy) is 1. The summed E-state index contributed by atoms with van der Waals surface area (Å²) in [6.07, 6.45) is 7.93. The van der Waals surface area contributed by atoms with Gasteiger partial charge in [0.2, 0.25) is 10.0 Å². The highest BCUT2D eigenvalue weighted by atomic mass is 32.2. The average Bonchev–Trinajstić information content (AvgIpc) is 2.68. The number of hydrogen-bond donors (Lipinski definition) is 0. The van der Waals surface area contributed by atoms with Crippen molar-refractivity contribution in [3.05, 3.63) is 43.0 Å². The monoisotopic (exact) mass is 394 g/mol. The van der Waals surface area contributed by atoms with E-state index in [4.69, 9.17) is 4.74 Å². The minimum Gasteiger partial charge on any atom is -0.378 e. The normalized spacial score (nSPS) is 20.9. The van der Waals surface area contributed by atoms with Crippen molar-refractivity contribution in [2.75, 3.05) is 33.8 Å². The van der Waals surface area contributed by atoms with Gasteiger partial charge in [-0.15, -0.1) is 6.58 Å². The van der Waals surface area contributed by atoms with Crippen molar-refractivity contribution in [1.29, 1.82) is 0 Å². The fraction of sp³-hybridized carbons (Fsp3) is 0.619. The summed E-state index contributed by atoms with van der Waals surface area (Å²) in [5.74, 6) is 0. The lowest BCUT2D eigenvalue weighted by Gasteiger charge is -2.34. The quantitative estimate of drug-likeness (QED) is 0.426. The molecule has 0 aromatic heterocycles. The summed E-state index contributed by atoms with van der Waals surface area (Å²) < 4.78 is 33.1. The summed E-state index contributed by atoms with van der Waals surface area (Å²) in [7, 11) is 0.391. The maximum Gasteiger partial charge on any atom is 0.243 e. The van der Waals surface area contributed by atoms with Crippen molar-refractivity contribution >= 4 is 10.0 Å². The number of unbranched alkanes of at least 4 members (excludes halogenated alkanes) is 1. The first-order chi connectivity index (χ1) is 12.9. The molecule has 6 heteroatoms. The first-order valence-corrected chi connectivity index (χ1v) is 11.3. The molecule has 5 nitrogen and oxygen atoms in total. The molecule has 1 aliphatic carbocycles. The Morgan fingerprint density at radius 1 is 1.11 bits per heavy atom. The molecule has 0 N–H and O–H groups in total. The number of benzene rings is 1. The van der Waals surface area contributed by atoms with Crippen LogP contribution in [-0.2, 0) is 14.8 Å². The molecule has 27 heavy (non-hydrogen) atoms. The van der Waals surface area contributed by atoms with Gasteiger partial charge in [-0.1, -0.05) is 24.3 Å². The summed E-state index contributed by atoms with van der Waals surface area (Å²) in [5, 5.41) is 0. The zero-order valence-corrected chi connectivity index (χ0v) is 17.5. The van der Waals surface area contributed by atoms with Crippen molar-refractivity contribution in [2.24, 2.45) is 0 Å². The third-order valence-electron chi connectivity index (χ3n) is 5.31. The minimum absolute atomic E-state index is 0.0580. The Bertz CT molecular complexity index is 655. The number of rotatable bonds is 11. The Hall–Kier alpha value is -1.21. The molecule has 1 aromatic rings. The van der Waals surface area contributed by atoms with Gasteiger partial charge >= 0.3 is 0 Å². The third kappa shape index (κ3) is 6.71. The highest BCUT2D eigenvalue weighted by Gasteiger charge is 2.31. The summed E-state index contributed by atoms with van der Waals surface area (Å²) in [6.45, 7) is 6.52. The van der Waals surface area contributed by atoms with Gasteiger partial charge in [0.25, 0.3) is 0 Å². The third-order valence-corrected chi connectivity index (χ3v) is 7.23. The first kappa shape index (κ1) is 22.1. The van der Waals surface area contributed by atoms with Crippen LogP contribution < -0.4 is 0 Å². The molecule has 1 saturated carbocycles. The standard InChI is InChI=1S/C21H34N2O3S/c1-4-16-22(2)17-8-9-18-26-20-14-12-19(13-15-20)23(3)27(24,25)21-10-6-5-7-11-21/h4-7,10-11,19-20H,1,8-9,12-18H2,2-3H3/t19-,20-. The maximum absolute atomic E-state index is 12.7. The van der Waals surface area contributed by atoms with Crippen molar-refractivity contribution in [2.45, 2.75) is 55.6 Å². The van der Waals surface area contributed by atoms with Gasteiger partial charge in [-0.25, -0.2) is 8.42 Å². The Balaban J connectivity index is 1.70. The second-order valence-electron chi connectivity index (χ2n) is 7.39. The van der Waals surface area contributed by atoms with Gasteiger partial charge < -0.3 is 9.64 Å². The fourth-order valence-corrected chi connectivity index (χ4v) is 5.01. The van der Waals surface area contributed by atoms with Gasteiger partial charge in [0.15, 0.2) is 0 Å². The van der Waals surface area contributed by atoms with Crippen molar-refractivity contribution in [1.82, 2.24) is 9.21 Å². The lowest BCUT2D eigenvalue weighted by atomic mass is 9.93. The van der Waals surface area contributed by atoms with E-state index in [0.717, 1.165) is 58.2 Å². The topological polar surface area (TPSA) is 49.9 Å². The molecule has 0 amide bonds. The van der Waals surface area contributed by atoms with Gasteiger partial charge in [-0.2, -0.15) is 4.31 Å². The Morgan fingerprint density at radius 2 is 1.78 bits per heavy atom. The molecular formula is C21H34N2O3S. The molecule has 0 saturated heterocycles. The van der Waals surface area contributed by atoms with Crippen LogP contribution in [0.1, 0.15) is 38.5 Å². The van der Waals surface area contributed by atoms with Gasteiger partial charge in [0.05, 0.1) is 11.0 Å². The van der Waals surface area contributed by atoms with Crippen molar-refractivity contribution in [3.8, 4) is 0 Å². The second-order valence-corrected chi connectivity index (χ2v) is 9.39. The lowest BCUT2D eigenvalue weighted by Crippen LogP contribution is -2.40. The van der Waals surface area contributed by atoms with Gasteiger partial charge in [-0.3, -0.25) is 0 Å². The van der Waals surface area contributed by atoms with Gasteiger partial charge in [0.1, 0.15) is 0 Å². The van der Waals surface area contributed by atoms with Gasteiger partial charge in [-0.05, 0) is 64.3 Å². The second kappa shape index (κ2) is 11.0. The van der Waals surface area contributed by atoms with E-state index in [1.165, 1.54) is 0 Å². The average molecular weight is 395 g/mol. The molecule has 2 rings (SSSR count). The molecule has 0 spiro atoms. The highest BCUT2D eigenvalue weighted by molar-refractivity contribution is 7.89.